The van der Waals surface area contributed by atoms with Gasteiger partial charge in [-0.15, -0.1) is 0 Å². The Balaban J connectivity index is 1.06. The largest absolute Gasteiger partial charge is 0.456 e. The van der Waals surface area contributed by atoms with Crippen molar-refractivity contribution >= 4 is 112 Å². The van der Waals surface area contributed by atoms with E-state index in [2.05, 4.69) is 264 Å². The highest BCUT2D eigenvalue weighted by Gasteiger charge is 2.48. The predicted molar refractivity (Wildman–Crippen MR) is 324 cm³/mol. The molecule has 0 amide bonds. The molecule has 0 atom stereocenters. The number of rotatable bonds is 4. The molecule has 0 bridgehead atoms. The molecule has 6 heteroatoms. The van der Waals surface area contributed by atoms with Crippen LogP contribution in [0.15, 0.2) is 203 Å². The zero-order valence-electron chi connectivity index (χ0n) is 44.7. The molecule has 1 aliphatic carbocycles. The summed E-state index contributed by atoms with van der Waals surface area (Å²) in [4.78, 5) is 4.97. The molecule has 2 aliphatic heterocycles. The van der Waals surface area contributed by atoms with Gasteiger partial charge in [-0.1, -0.05) is 159 Å². The van der Waals surface area contributed by atoms with E-state index in [-0.39, 0.29) is 23.1 Å². The molecule has 0 N–H and O–H groups in total. The van der Waals surface area contributed by atoms with E-state index in [0.29, 0.717) is 0 Å². The lowest BCUT2D eigenvalue weighted by Gasteiger charge is -2.42. The van der Waals surface area contributed by atoms with Gasteiger partial charge in [0.05, 0.1) is 11.0 Å². The molecule has 5 nitrogen and oxygen atoms in total. The molecule has 13 aromatic rings. The molecule has 0 saturated heterocycles. The van der Waals surface area contributed by atoms with Gasteiger partial charge in [0.1, 0.15) is 22.3 Å². The second-order valence-electron chi connectivity index (χ2n) is 24.5. The minimum atomic E-state index is -0.232. The zero-order valence-corrected chi connectivity index (χ0v) is 44.7. The molecule has 0 saturated carbocycles. The lowest BCUT2D eigenvalue weighted by molar-refractivity contribution is 0.590. The van der Waals surface area contributed by atoms with Crippen molar-refractivity contribution in [2.45, 2.75) is 71.6 Å². The highest BCUT2D eigenvalue weighted by molar-refractivity contribution is 6.94. The fourth-order valence-electron chi connectivity index (χ4n) is 13.8. The van der Waals surface area contributed by atoms with Gasteiger partial charge in [-0.2, -0.15) is 0 Å². The summed E-state index contributed by atoms with van der Waals surface area (Å²) >= 11 is 0. The van der Waals surface area contributed by atoms with Crippen molar-refractivity contribution in [2.75, 3.05) is 9.71 Å². The van der Waals surface area contributed by atoms with E-state index in [1.165, 1.54) is 71.8 Å². The van der Waals surface area contributed by atoms with Crippen LogP contribution in [-0.2, 0) is 16.2 Å². The first-order valence-electron chi connectivity index (χ1n) is 27.3. The number of furan rings is 2. The maximum Gasteiger partial charge on any atom is 0.333 e. The van der Waals surface area contributed by atoms with Crippen molar-refractivity contribution < 1.29 is 8.83 Å². The van der Waals surface area contributed by atoms with E-state index in [9.17, 15) is 0 Å². The number of para-hydroxylation sites is 3. The van der Waals surface area contributed by atoms with Crippen LogP contribution in [0.2, 0.25) is 0 Å². The van der Waals surface area contributed by atoms with E-state index >= 15 is 0 Å². The third-order valence-corrected chi connectivity index (χ3v) is 17.6. The summed E-state index contributed by atoms with van der Waals surface area (Å²) in [6.45, 7) is 18.5. The van der Waals surface area contributed by atoms with Gasteiger partial charge in [-0.3, -0.25) is 0 Å². The fourth-order valence-corrected chi connectivity index (χ4v) is 13.8. The minimum absolute atomic E-state index is 0.0211. The van der Waals surface area contributed by atoms with Crippen molar-refractivity contribution in [3.63, 3.8) is 0 Å². The minimum Gasteiger partial charge on any atom is -0.456 e. The van der Waals surface area contributed by atoms with Gasteiger partial charge in [0.2, 0.25) is 0 Å². The Hall–Kier alpha value is -8.74. The molecule has 370 valence electrons. The van der Waals surface area contributed by atoms with Crippen LogP contribution in [0.5, 0.6) is 0 Å². The van der Waals surface area contributed by atoms with E-state index in [1.54, 1.807) is 0 Å². The Morgan fingerprint density at radius 2 is 1.14 bits per heavy atom. The Labute approximate surface area is 448 Å². The van der Waals surface area contributed by atoms with E-state index in [0.717, 1.165) is 83.4 Å². The summed E-state index contributed by atoms with van der Waals surface area (Å²) in [5, 5.41) is 6.91. The number of hydrogen-bond acceptors (Lipinski definition) is 4. The summed E-state index contributed by atoms with van der Waals surface area (Å²) in [7, 11) is 0. The molecule has 16 rings (SSSR count). The number of benzene rings is 10. The topological polar surface area (TPSA) is 37.7 Å². The summed E-state index contributed by atoms with van der Waals surface area (Å²) in [6, 6.07) is 72.2. The molecule has 5 heterocycles. The second-order valence-corrected chi connectivity index (χ2v) is 24.5. The molecule has 3 aliphatic rings. The Morgan fingerprint density at radius 1 is 0.468 bits per heavy atom. The molecule has 3 aromatic heterocycles. The molecule has 0 fully saturated rings. The maximum absolute atomic E-state index is 7.41. The lowest BCUT2D eigenvalue weighted by atomic mass is 9.43. The average Bonchev–Trinajstić information content (AvgIpc) is 4.19. The zero-order chi connectivity index (χ0) is 52.0. The van der Waals surface area contributed by atoms with Crippen LogP contribution in [0.1, 0.15) is 77.6 Å². The first-order valence-corrected chi connectivity index (χ1v) is 27.3. The number of anilines is 5. The van der Waals surface area contributed by atoms with Crippen molar-refractivity contribution in [1.82, 2.24) is 4.57 Å². The van der Waals surface area contributed by atoms with Crippen LogP contribution in [0.4, 0.5) is 28.4 Å². The van der Waals surface area contributed by atoms with Crippen molar-refractivity contribution in [2.24, 2.45) is 0 Å². The average molecular weight is 994 g/mol. The third-order valence-electron chi connectivity index (χ3n) is 17.6. The predicted octanol–water partition coefficient (Wildman–Crippen LogP) is 18.2. The van der Waals surface area contributed by atoms with Gasteiger partial charge in [0.15, 0.2) is 0 Å². The monoisotopic (exact) mass is 993 g/mol. The van der Waals surface area contributed by atoms with Crippen molar-refractivity contribution in [3.05, 3.63) is 216 Å². The van der Waals surface area contributed by atoms with Crippen LogP contribution in [0, 0.1) is 0 Å². The smallest absolute Gasteiger partial charge is 0.333 e. The quantitative estimate of drug-likeness (QED) is 0.165. The Bertz CT molecular complexity index is 4640. The number of aromatic nitrogens is 1. The van der Waals surface area contributed by atoms with Gasteiger partial charge in [-0.25, -0.2) is 0 Å². The fraction of sp³-hybridized carbons (Fsp3) is 0.155. The number of hydrogen-bond donors (Lipinski definition) is 0. The standard InChI is InChI=1S/C71H56BN3O2/c1-69(2,3)41-27-30-45(31-28-41)75-58-38-51-48-33-32-46(73(43-19-11-9-12-20-43)44-21-13-10-14-22-44)36-61(48)76-62(51)39-53(58)65-66-67-63(64-49-24-16-18-26-60(49)77-68(64)65)52-35-42(70(4,5)6)29-34-57(52)74(67)59-37-50-47-23-15-17-25-54(47)71(7,8)55(50)40-56(59)72(66)75/h9-40H,1-8H3. The van der Waals surface area contributed by atoms with Crippen LogP contribution in [0.25, 0.3) is 93.6 Å². The number of fused-ring (bicyclic) bond motifs is 19. The number of nitrogens with zero attached hydrogens (tertiary/aromatic N) is 3. The summed E-state index contributed by atoms with van der Waals surface area (Å²) in [5.41, 5.74) is 25.0. The van der Waals surface area contributed by atoms with E-state index < -0.39 is 0 Å². The normalized spacial score (nSPS) is 14.3. The lowest BCUT2D eigenvalue weighted by Crippen LogP contribution is -2.60. The SMILES string of the molecule is CC(C)(C)c1ccc(N2B3c4cc5c(cc4-n4c6ccc(C(C)(C)C)cc6c6c7c(oc8ccccc87)c(c3c64)-c3cc4oc6cc(N(c7ccccc7)c7ccccc7)ccc6c4cc32)-c2ccccc2C5(C)C)cc1. The first kappa shape index (κ1) is 44.6. The maximum atomic E-state index is 7.41. The van der Waals surface area contributed by atoms with Gasteiger partial charge >= 0.3 is 6.85 Å². The molecule has 0 spiro atoms. The van der Waals surface area contributed by atoms with Gasteiger partial charge < -0.3 is 23.1 Å². The van der Waals surface area contributed by atoms with Gasteiger partial charge in [0.25, 0.3) is 0 Å². The summed E-state index contributed by atoms with van der Waals surface area (Å²) in [5.74, 6) is 0. The molecule has 0 radical (unpaired) electrons. The van der Waals surface area contributed by atoms with Crippen molar-refractivity contribution in [3.8, 4) is 27.9 Å². The van der Waals surface area contributed by atoms with Crippen molar-refractivity contribution in [1.29, 1.82) is 0 Å². The van der Waals surface area contributed by atoms with Crippen LogP contribution < -0.4 is 20.6 Å². The molecular formula is C71H56BN3O2. The highest BCUT2D eigenvalue weighted by Crippen LogP contribution is 2.55. The molecular weight excluding hydrogens is 938 g/mol. The Morgan fingerprint density at radius 3 is 1.88 bits per heavy atom. The Kier molecular flexibility index (Phi) is 8.81. The summed E-state index contributed by atoms with van der Waals surface area (Å²) in [6.07, 6.45) is 0. The van der Waals surface area contributed by atoms with Crippen LogP contribution in [-0.4, -0.2) is 11.4 Å². The van der Waals surface area contributed by atoms with Crippen LogP contribution in [0.3, 0.4) is 0 Å². The third kappa shape index (κ3) is 6.07. The highest BCUT2D eigenvalue weighted by atomic mass is 16.3. The van der Waals surface area contributed by atoms with Gasteiger partial charge in [0, 0.05) is 89.0 Å². The molecule has 0 unspecified atom stereocenters. The van der Waals surface area contributed by atoms with E-state index in [4.69, 9.17) is 8.83 Å². The summed E-state index contributed by atoms with van der Waals surface area (Å²) < 4.78 is 17.2. The molecule has 77 heavy (non-hydrogen) atoms. The second kappa shape index (κ2) is 15.2. The first-order chi connectivity index (χ1) is 37.2. The molecule has 10 aromatic carbocycles. The van der Waals surface area contributed by atoms with Crippen LogP contribution >= 0.6 is 0 Å². The van der Waals surface area contributed by atoms with Gasteiger partial charge in [-0.05, 0) is 140 Å². The van der Waals surface area contributed by atoms with E-state index in [1.807, 2.05) is 0 Å².